The summed E-state index contributed by atoms with van der Waals surface area (Å²) in [6.45, 7) is 8.20. The van der Waals surface area contributed by atoms with Gasteiger partial charge in [-0.15, -0.1) is 0 Å². The monoisotopic (exact) mass is 262 g/mol. The highest BCUT2D eigenvalue weighted by atomic mass is 16.5. The largest absolute Gasteiger partial charge is 0.495 e. The molecule has 1 aromatic carbocycles. The van der Waals surface area contributed by atoms with Gasteiger partial charge in [-0.05, 0) is 30.9 Å². The molecule has 0 unspecified atom stereocenters. The van der Waals surface area contributed by atoms with Gasteiger partial charge in [-0.25, -0.2) is 0 Å². The molecule has 0 atom stereocenters. The topological polar surface area (TPSA) is 24.5 Å². The van der Waals surface area contributed by atoms with E-state index in [1.165, 1.54) is 32.5 Å². The molecule has 1 saturated heterocycles. The van der Waals surface area contributed by atoms with E-state index >= 15 is 0 Å². The number of piperidine rings is 1. The Morgan fingerprint density at radius 2 is 1.95 bits per heavy atom. The minimum Gasteiger partial charge on any atom is -0.495 e. The first kappa shape index (κ1) is 14.2. The van der Waals surface area contributed by atoms with Crippen LogP contribution in [0.25, 0.3) is 0 Å². The molecule has 3 heteroatoms. The van der Waals surface area contributed by atoms with E-state index in [1.807, 2.05) is 12.1 Å². The number of nitrogens with zero attached hydrogens (tertiary/aromatic N) is 1. The Labute approximate surface area is 116 Å². The van der Waals surface area contributed by atoms with Crippen molar-refractivity contribution in [1.29, 1.82) is 0 Å². The maximum atomic E-state index is 5.39. The van der Waals surface area contributed by atoms with Crippen LogP contribution in [0.4, 0.5) is 5.69 Å². The first-order valence-corrected chi connectivity index (χ1v) is 7.31. The normalized spacial score (nSPS) is 17.7. The van der Waals surface area contributed by atoms with Crippen molar-refractivity contribution in [2.45, 2.75) is 32.7 Å². The maximum absolute atomic E-state index is 5.39. The highest BCUT2D eigenvalue weighted by molar-refractivity contribution is 5.56. The van der Waals surface area contributed by atoms with Crippen LogP contribution in [0.15, 0.2) is 24.3 Å². The number of para-hydroxylation sites is 2. The molecular weight excluding hydrogens is 236 g/mol. The van der Waals surface area contributed by atoms with Crippen molar-refractivity contribution in [2.24, 2.45) is 5.92 Å². The van der Waals surface area contributed by atoms with E-state index in [1.54, 1.807) is 7.11 Å². The summed E-state index contributed by atoms with van der Waals surface area (Å²) in [6.07, 6.45) is 2.43. The van der Waals surface area contributed by atoms with E-state index in [0.717, 1.165) is 17.4 Å². The number of ether oxygens (including phenoxy) is 1. The van der Waals surface area contributed by atoms with Crippen LogP contribution in [0, 0.1) is 5.92 Å². The van der Waals surface area contributed by atoms with Gasteiger partial charge in [0.05, 0.1) is 12.8 Å². The molecule has 1 aromatic rings. The van der Waals surface area contributed by atoms with Crippen molar-refractivity contribution in [2.75, 3.05) is 32.1 Å². The minimum absolute atomic E-state index is 0.569. The molecule has 1 heterocycles. The van der Waals surface area contributed by atoms with Crippen LogP contribution >= 0.6 is 0 Å². The number of benzene rings is 1. The van der Waals surface area contributed by atoms with Gasteiger partial charge in [-0.3, -0.25) is 0 Å². The summed E-state index contributed by atoms with van der Waals surface area (Å²) in [4.78, 5) is 2.57. The van der Waals surface area contributed by atoms with E-state index < -0.39 is 0 Å². The molecule has 0 amide bonds. The first-order valence-electron chi connectivity index (χ1n) is 7.31. The second kappa shape index (κ2) is 6.80. The Morgan fingerprint density at radius 1 is 1.26 bits per heavy atom. The molecule has 0 spiro atoms. The van der Waals surface area contributed by atoms with Crippen molar-refractivity contribution in [3.63, 3.8) is 0 Å². The van der Waals surface area contributed by atoms with Gasteiger partial charge in [0.15, 0.2) is 0 Å². The fraction of sp³-hybridized carbons (Fsp3) is 0.625. The zero-order valence-electron chi connectivity index (χ0n) is 12.4. The highest BCUT2D eigenvalue weighted by Crippen LogP contribution is 2.26. The van der Waals surface area contributed by atoms with Crippen LogP contribution in [0.1, 0.15) is 26.7 Å². The van der Waals surface area contributed by atoms with Gasteiger partial charge in [0.1, 0.15) is 5.75 Å². The number of rotatable bonds is 5. The Bertz CT molecular complexity index is 384. The highest BCUT2D eigenvalue weighted by Gasteiger charge is 2.20. The molecule has 1 aliphatic rings. The molecule has 0 saturated carbocycles. The zero-order valence-corrected chi connectivity index (χ0v) is 12.4. The van der Waals surface area contributed by atoms with Crippen LogP contribution in [-0.4, -0.2) is 37.7 Å². The lowest BCUT2D eigenvalue weighted by molar-refractivity contribution is 0.198. The SMILES string of the molecule is COc1ccccc1NC1CCN(CC(C)C)CC1. The van der Waals surface area contributed by atoms with Gasteiger partial charge in [-0.2, -0.15) is 0 Å². The van der Waals surface area contributed by atoms with Crippen LogP contribution < -0.4 is 10.1 Å². The lowest BCUT2D eigenvalue weighted by Gasteiger charge is -2.34. The third kappa shape index (κ3) is 4.13. The van der Waals surface area contributed by atoms with Crippen molar-refractivity contribution in [3.05, 3.63) is 24.3 Å². The van der Waals surface area contributed by atoms with Crippen LogP contribution in [0.3, 0.4) is 0 Å². The predicted octanol–water partition coefficient (Wildman–Crippen LogP) is 3.23. The van der Waals surface area contributed by atoms with Crippen molar-refractivity contribution < 1.29 is 4.74 Å². The number of likely N-dealkylation sites (tertiary alicyclic amines) is 1. The summed E-state index contributed by atoms with van der Waals surface area (Å²) in [5.41, 5.74) is 1.12. The molecule has 1 N–H and O–H groups in total. The maximum Gasteiger partial charge on any atom is 0.141 e. The number of methoxy groups -OCH3 is 1. The van der Waals surface area contributed by atoms with Gasteiger partial charge < -0.3 is 15.0 Å². The molecule has 1 fully saturated rings. The second-order valence-electron chi connectivity index (χ2n) is 5.81. The molecule has 3 nitrogen and oxygen atoms in total. The molecule has 0 aliphatic carbocycles. The standard InChI is InChI=1S/C16H26N2O/c1-13(2)12-18-10-8-14(9-11-18)17-15-6-4-5-7-16(15)19-3/h4-7,13-14,17H,8-12H2,1-3H3. The van der Waals surface area contributed by atoms with Gasteiger partial charge >= 0.3 is 0 Å². The fourth-order valence-corrected chi connectivity index (χ4v) is 2.76. The summed E-state index contributed by atoms with van der Waals surface area (Å²) in [5, 5.41) is 3.62. The zero-order chi connectivity index (χ0) is 13.7. The van der Waals surface area contributed by atoms with E-state index in [9.17, 15) is 0 Å². The van der Waals surface area contributed by atoms with E-state index in [0.29, 0.717) is 6.04 Å². The molecule has 0 radical (unpaired) electrons. The number of hydrogen-bond acceptors (Lipinski definition) is 3. The molecule has 2 rings (SSSR count). The lowest BCUT2D eigenvalue weighted by Crippen LogP contribution is -2.40. The van der Waals surface area contributed by atoms with Crippen molar-refractivity contribution in [1.82, 2.24) is 4.90 Å². The molecule has 19 heavy (non-hydrogen) atoms. The summed E-state index contributed by atoms with van der Waals surface area (Å²) in [5.74, 6) is 1.70. The van der Waals surface area contributed by atoms with E-state index in [-0.39, 0.29) is 0 Å². The van der Waals surface area contributed by atoms with Gasteiger partial charge in [0, 0.05) is 25.7 Å². The minimum atomic E-state index is 0.569. The lowest BCUT2D eigenvalue weighted by atomic mass is 10.0. The number of hydrogen-bond donors (Lipinski definition) is 1. The third-order valence-electron chi connectivity index (χ3n) is 3.68. The summed E-state index contributed by atoms with van der Waals surface area (Å²) < 4.78 is 5.39. The van der Waals surface area contributed by atoms with Crippen molar-refractivity contribution >= 4 is 5.69 Å². The summed E-state index contributed by atoms with van der Waals surface area (Å²) >= 11 is 0. The summed E-state index contributed by atoms with van der Waals surface area (Å²) in [7, 11) is 1.73. The van der Waals surface area contributed by atoms with Gasteiger partial charge in [0.25, 0.3) is 0 Å². The third-order valence-corrected chi connectivity index (χ3v) is 3.68. The van der Waals surface area contributed by atoms with Crippen molar-refractivity contribution in [3.8, 4) is 5.75 Å². The van der Waals surface area contributed by atoms with Crippen LogP contribution in [0.5, 0.6) is 5.75 Å². The Kier molecular flexibility index (Phi) is 5.08. The Balaban J connectivity index is 1.85. The molecule has 106 valence electrons. The quantitative estimate of drug-likeness (QED) is 0.881. The van der Waals surface area contributed by atoms with Crippen LogP contribution in [0.2, 0.25) is 0 Å². The van der Waals surface area contributed by atoms with Gasteiger partial charge in [0.2, 0.25) is 0 Å². The molecule has 0 aromatic heterocycles. The van der Waals surface area contributed by atoms with Gasteiger partial charge in [-0.1, -0.05) is 26.0 Å². The van der Waals surface area contributed by atoms with E-state index in [2.05, 4.69) is 36.2 Å². The summed E-state index contributed by atoms with van der Waals surface area (Å²) in [6, 6.07) is 8.74. The molecular formula is C16H26N2O. The van der Waals surface area contributed by atoms with E-state index in [4.69, 9.17) is 4.74 Å². The molecule has 0 bridgehead atoms. The molecule has 1 aliphatic heterocycles. The first-order chi connectivity index (χ1) is 9.19. The fourth-order valence-electron chi connectivity index (χ4n) is 2.76. The Hall–Kier alpha value is -1.22. The number of anilines is 1. The number of nitrogens with one attached hydrogen (secondary N) is 1. The Morgan fingerprint density at radius 3 is 2.58 bits per heavy atom. The predicted molar refractivity (Wildman–Crippen MR) is 80.9 cm³/mol. The average molecular weight is 262 g/mol. The van der Waals surface area contributed by atoms with Crippen LogP contribution in [-0.2, 0) is 0 Å². The average Bonchev–Trinajstić information content (AvgIpc) is 2.41. The second-order valence-corrected chi connectivity index (χ2v) is 5.81. The smallest absolute Gasteiger partial charge is 0.141 e.